The van der Waals surface area contributed by atoms with E-state index in [2.05, 4.69) is 5.48 Å². The Kier molecular flexibility index (Phi) is 3.57. The Hall–Kier alpha value is -0.120. The predicted octanol–water partition coefficient (Wildman–Crippen LogP) is 2.80. The van der Waals surface area contributed by atoms with Gasteiger partial charge in [-0.25, -0.2) is 0 Å². The summed E-state index contributed by atoms with van der Waals surface area (Å²) in [4.78, 5) is 5.51. The van der Waals surface area contributed by atoms with Crippen molar-refractivity contribution in [1.29, 1.82) is 0 Å². The maximum atomic E-state index is 6.18. The number of nitrogens with one attached hydrogen (secondary N) is 1. The van der Waals surface area contributed by atoms with Crippen LogP contribution in [-0.4, -0.2) is 23.9 Å². The minimum atomic E-state index is -0.121. The molecule has 1 saturated carbocycles. The van der Waals surface area contributed by atoms with Crippen LogP contribution in [0.25, 0.3) is 0 Å². The summed E-state index contributed by atoms with van der Waals surface area (Å²) in [6.07, 6.45) is 8.00. The molecule has 1 spiro atoms. The zero-order valence-electron chi connectivity index (χ0n) is 10.8. The van der Waals surface area contributed by atoms with E-state index in [0.717, 1.165) is 6.54 Å². The van der Waals surface area contributed by atoms with Crippen molar-refractivity contribution in [2.24, 2.45) is 0 Å². The highest BCUT2D eigenvalue weighted by Crippen LogP contribution is 2.43. The van der Waals surface area contributed by atoms with Gasteiger partial charge >= 0.3 is 0 Å². The quantitative estimate of drug-likeness (QED) is 0.752. The molecule has 3 heteroatoms. The minimum Gasteiger partial charge on any atom is -0.370 e. The van der Waals surface area contributed by atoms with E-state index in [1.165, 1.54) is 38.5 Å². The van der Waals surface area contributed by atoms with E-state index in [0.29, 0.717) is 6.10 Å². The second-order valence-corrected chi connectivity index (χ2v) is 6.23. The molecule has 0 radical (unpaired) electrons. The summed E-state index contributed by atoms with van der Waals surface area (Å²) in [6, 6.07) is 0. The third-order valence-corrected chi connectivity index (χ3v) is 3.54. The van der Waals surface area contributed by atoms with Gasteiger partial charge in [0.2, 0.25) is 0 Å². The van der Waals surface area contributed by atoms with Crippen molar-refractivity contribution in [1.82, 2.24) is 5.48 Å². The van der Waals surface area contributed by atoms with Gasteiger partial charge in [-0.1, -0.05) is 12.8 Å². The van der Waals surface area contributed by atoms with E-state index >= 15 is 0 Å². The summed E-state index contributed by atoms with van der Waals surface area (Å²) in [5.41, 5.74) is 3.17. The topological polar surface area (TPSA) is 30.5 Å². The van der Waals surface area contributed by atoms with Crippen molar-refractivity contribution in [3.05, 3.63) is 0 Å². The molecule has 16 heavy (non-hydrogen) atoms. The van der Waals surface area contributed by atoms with Crippen LogP contribution in [0.4, 0.5) is 0 Å². The maximum absolute atomic E-state index is 6.18. The molecule has 3 nitrogen and oxygen atoms in total. The van der Waals surface area contributed by atoms with E-state index in [4.69, 9.17) is 9.57 Å². The van der Waals surface area contributed by atoms with Gasteiger partial charge in [-0.05, 0) is 46.5 Å². The molecule has 1 unspecified atom stereocenters. The Labute approximate surface area is 98.8 Å². The van der Waals surface area contributed by atoms with Gasteiger partial charge in [0.25, 0.3) is 0 Å². The van der Waals surface area contributed by atoms with Crippen molar-refractivity contribution >= 4 is 0 Å². The average molecular weight is 227 g/mol. The molecule has 1 aliphatic heterocycles. The summed E-state index contributed by atoms with van der Waals surface area (Å²) in [6.45, 7) is 6.97. The van der Waals surface area contributed by atoms with Crippen molar-refractivity contribution < 1.29 is 9.57 Å². The number of rotatable bonds is 3. The van der Waals surface area contributed by atoms with Crippen LogP contribution in [0.3, 0.4) is 0 Å². The summed E-state index contributed by atoms with van der Waals surface area (Å²) >= 11 is 0. The first-order valence-electron chi connectivity index (χ1n) is 6.58. The van der Waals surface area contributed by atoms with Crippen LogP contribution in [-0.2, 0) is 9.57 Å². The Morgan fingerprint density at radius 1 is 1.25 bits per heavy atom. The van der Waals surface area contributed by atoms with Crippen molar-refractivity contribution in [3.8, 4) is 0 Å². The molecule has 1 aliphatic carbocycles. The van der Waals surface area contributed by atoms with Crippen molar-refractivity contribution in [2.45, 2.75) is 76.6 Å². The molecule has 0 aromatic heterocycles. The highest BCUT2D eigenvalue weighted by molar-refractivity contribution is 4.92. The van der Waals surface area contributed by atoms with E-state index in [1.54, 1.807) is 0 Å². The van der Waals surface area contributed by atoms with Crippen LogP contribution < -0.4 is 5.48 Å². The van der Waals surface area contributed by atoms with Crippen LogP contribution in [0.5, 0.6) is 0 Å². The normalized spacial score (nSPS) is 29.1. The molecule has 1 N–H and O–H groups in total. The van der Waals surface area contributed by atoms with Crippen molar-refractivity contribution in [2.75, 3.05) is 6.54 Å². The van der Waals surface area contributed by atoms with Gasteiger partial charge in [0.15, 0.2) is 0 Å². The first-order valence-corrected chi connectivity index (χ1v) is 6.58. The second kappa shape index (κ2) is 4.63. The first-order chi connectivity index (χ1) is 7.49. The van der Waals surface area contributed by atoms with E-state index in [9.17, 15) is 0 Å². The number of hydrogen-bond donors (Lipinski definition) is 1. The van der Waals surface area contributed by atoms with Gasteiger partial charge < -0.3 is 4.74 Å². The summed E-state index contributed by atoms with van der Waals surface area (Å²) < 4.78 is 6.18. The SMILES string of the molecule is CC(C)(C)ONCC1CCC2(CCCC2)O1. The van der Waals surface area contributed by atoms with Crippen LogP contribution in [0.15, 0.2) is 0 Å². The van der Waals surface area contributed by atoms with Gasteiger partial charge in [0.05, 0.1) is 17.3 Å². The number of hydroxylamine groups is 1. The maximum Gasteiger partial charge on any atom is 0.0812 e. The molecule has 0 amide bonds. The molecule has 0 bridgehead atoms. The smallest absolute Gasteiger partial charge is 0.0812 e. The summed E-state index contributed by atoms with van der Waals surface area (Å²) in [5, 5.41) is 0. The van der Waals surface area contributed by atoms with Gasteiger partial charge in [0, 0.05) is 6.54 Å². The lowest BCUT2D eigenvalue weighted by Gasteiger charge is -2.25. The fourth-order valence-corrected chi connectivity index (χ4v) is 2.78. The molecule has 1 atom stereocenters. The zero-order valence-corrected chi connectivity index (χ0v) is 10.8. The molecule has 2 aliphatic rings. The lowest BCUT2D eigenvalue weighted by atomic mass is 9.98. The fraction of sp³-hybridized carbons (Fsp3) is 1.00. The lowest BCUT2D eigenvalue weighted by Crippen LogP contribution is -2.35. The third kappa shape index (κ3) is 3.19. The van der Waals surface area contributed by atoms with Gasteiger partial charge in [0.1, 0.15) is 0 Å². The molecule has 2 fully saturated rings. The molecule has 94 valence electrons. The number of ether oxygens (including phenoxy) is 1. The Morgan fingerprint density at radius 3 is 2.56 bits per heavy atom. The van der Waals surface area contributed by atoms with Gasteiger partial charge in [-0.2, -0.15) is 5.48 Å². The van der Waals surface area contributed by atoms with Crippen LogP contribution in [0.1, 0.15) is 59.3 Å². The molecule has 1 heterocycles. The number of hydrogen-bond acceptors (Lipinski definition) is 3. The lowest BCUT2D eigenvalue weighted by molar-refractivity contribution is -0.0999. The van der Waals surface area contributed by atoms with E-state index in [-0.39, 0.29) is 11.2 Å². The van der Waals surface area contributed by atoms with Gasteiger partial charge in [-0.3, -0.25) is 4.84 Å². The Bertz CT molecular complexity index is 229. The highest BCUT2D eigenvalue weighted by atomic mass is 16.7. The van der Waals surface area contributed by atoms with Crippen LogP contribution >= 0.6 is 0 Å². The van der Waals surface area contributed by atoms with E-state index in [1.807, 2.05) is 20.8 Å². The standard InChI is InChI=1S/C13H25NO2/c1-12(2,3)16-14-10-11-6-9-13(15-11)7-4-5-8-13/h11,14H,4-10H2,1-3H3. The molecule has 0 aromatic carbocycles. The summed E-state index contributed by atoms with van der Waals surface area (Å²) in [7, 11) is 0. The average Bonchev–Trinajstić information content (AvgIpc) is 2.76. The Balaban J connectivity index is 1.69. The molecule has 0 aromatic rings. The van der Waals surface area contributed by atoms with Crippen LogP contribution in [0.2, 0.25) is 0 Å². The Morgan fingerprint density at radius 2 is 1.94 bits per heavy atom. The monoisotopic (exact) mass is 227 g/mol. The van der Waals surface area contributed by atoms with Crippen molar-refractivity contribution in [3.63, 3.8) is 0 Å². The molecule has 2 rings (SSSR count). The minimum absolute atomic E-state index is 0.121. The first kappa shape index (κ1) is 12.3. The zero-order chi connectivity index (χ0) is 11.6. The molecular weight excluding hydrogens is 202 g/mol. The largest absolute Gasteiger partial charge is 0.370 e. The van der Waals surface area contributed by atoms with Gasteiger partial charge in [-0.15, -0.1) is 0 Å². The second-order valence-electron chi connectivity index (χ2n) is 6.23. The molecular formula is C13H25NO2. The van der Waals surface area contributed by atoms with Crippen LogP contribution in [0, 0.1) is 0 Å². The highest BCUT2D eigenvalue weighted by Gasteiger charge is 2.41. The summed E-state index contributed by atoms with van der Waals surface area (Å²) in [5.74, 6) is 0. The fourth-order valence-electron chi connectivity index (χ4n) is 2.78. The molecule has 1 saturated heterocycles. The third-order valence-electron chi connectivity index (χ3n) is 3.54. The van der Waals surface area contributed by atoms with E-state index < -0.39 is 0 Å². The predicted molar refractivity (Wildman–Crippen MR) is 64.1 cm³/mol.